The number of carbonyl (C=O) groups is 2. The average molecular weight is 1820 g/mol. The van der Waals surface area contributed by atoms with Gasteiger partial charge in [-0.2, -0.15) is 26.3 Å². The zero-order chi connectivity index (χ0) is 95.7. The number of sulfonamides is 2. The molecule has 0 fully saturated rings. The van der Waals surface area contributed by atoms with Gasteiger partial charge in [0.15, 0.2) is 0 Å². The number of carbonyl (C=O) groups excluding carboxylic acids is 2. The second-order valence-corrected chi connectivity index (χ2v) is 34.9. The lowest BCUT2D eigenvalue weighted by atomic mass is 10.0. The molecule has 2 amide bonds. The van der Waals surface area contributed by atoms with Gasteiger partial charge in [-0.25, -0.2) is 26.4 Å². The number of amides is 2. The largest absolute Gasteiger partial charge is 0.497 e. The highest BCUT2D eigenvalue weighted by Crippen LogP contribution is 2.43. The third-order valence-electron chi connectivity index (χ3n) is 22.0. The number of fused-ring (bicyclic) bond motifs is 6. The van der Waals surface area contributed by atoms with E-state index in [1.807, 2.05) is 216 Å². The molecule has 0 aliphatic heterocycles. The summed E-state index contributed by atoms with van der Waals surface area (Å²) in [6, 6.07) is 77.1. The number of methoxy groups -OCH3 is 4. The lowest BCUT2D eigenvalue weighted by molar-refractivity contribution is 0.168. The summed E-state index contributed by atoms with van der Waals surface area (Å²) in [5, 5.41) is 59.7. The molecule has 680 valence electrons. The van der Waals surface area contributed by atoms with Gasteiger partial charge in [0.2, 0.25) is 20.0 Å². The van der Waals surface area contributed by atoms with Crippen LogP contribution in [-0.2, 0) is 63.2 Å². The summed E-state index contributed by atoms with van der Waals surface area (Å²) in [6.07, 6.45) is 0.775. The molecule has 0 spiro atoms. The van der Waals surface area contributed by atoms with Crippen molar-refractivity contribution in [1.82, 2.24) is 22.8 Å². The van der Waals surface area contributed by atoms with Gasteiger partial charge in [-0.15, -0.1) is 0 Å². The SMILES string of the molecule is CCOC(=O)Nc1cccc(-c2c(C#N)c3ccc(OC(C)C)cc3n2CC)c1.CCS(=O)(=O)Nc1ccc(-c2c(C#N)c3cc(OC)ccc3n2C)cc1.CCS(=O)(=O)Nc1cccc(-c2c(C#N)c3cc(OC)ccc3n2C)c1.CCn1c(-c2ccc3occc3c2)c(C#N)c2ccc(OC)cc21.CCn1c(-c2cccc(NC(=O)OC)c2)c(C#N)c2ccc(OC(C)C)cc21. The van der Waals surface area contributed by atoms with Crippen LogP contribution in [0.2, 0.25) is 0 Å². The molecule has 6 heterocycles. The fourth-order valence-corrected chi connectivity index (χ4v) is 17.3. The van der Waals surface area contributed by atoms with Crippen molar-refractivity contribution in [3.8, 4) is 115 Å². The first kappa shape index (κ1) is 96.0. The maximum absolute atomic E-state index is 11.8. The first-order valence-corrected chi connectivity index (χ1v) is 46.2. The minimum Gasteiger partial charge on any atom is -0.497 e. The highest BCUT2D eigenvalue weighted by Gasteiger charge is 2.26. The number of hydrogen-bond acceptors (Lipinski definition) is 19. The summed E-state index contributed by atoms with van der Waals surface area (Å²) in [5.74, 6) is 3.70. The second kappa shape index (κ2) is 42.4. The molecular formula is C103H102N14O14S2. The Morgan fingerprint density at radius 1 is 0.376 bits per heavy atom. The zero-order valence-corrected chi connectivity index (χ0v) is 78.3. The van der Waals surface area contributed by atoms with Gasteiger partial charge in [0, 0.05) is 140 Å². The summed E-state index contributed by atoms with van der Waals surface area (Å²) >= 11 is 0. The standard InChI is InChI=1S/C23H25N3O3.C22H23N3O3.C20H16N2O2.2C19H19N3O3S/c1-5-26-21-13-18(29-15(3)4)10-11-19(21)20(14-24)22(26)16-8-7-9-17(12-16)25-23(27)28-6-2;1-5-25-20-12-17(28-14(2)3)9-10-18(20)19(13-23)21(25)15-7-6-8-16(11-15)24-22(26)27-4;1-3-22-18-11-15(23-2)5-6-16(18)17(12-21)20(22)14-4-7-19-13(10-14)8-9-24-19;1-4-26(23,24)21-14-7-5-13(6-8-14)19-17(12-20)16-11-15(25-3)9-10-18(16)22(19)2;1-4-26(23,24)21-14-7-5-6-13(10-14)19-17(12-20)16-11-15(25-3)8-9-18(16)22(19)2/h7-13,15H,5-6H2,1-4H3,(H,25,27);6-12,14H,5H2,1-4H3,(H,24,26);4-11H,3H2,1-2H3;2*5-11,21H,4H2,1-3H3. The predicted octanol–water partition coefficient (Wildman–Crippen LogP) is 22.6. The van der Waals surface area contributed by atoms with Crippen LogP contribution in [0, 0.1) is 56.7 Å². The maximum Gasteiger partial charge on any atom is 0.411 e. The topological polar surface area (TPSA) is 372 Å². The lowest BCUT2D eigenvalue weighted by Gasteiger charge is -2.12. The number of furan rings is 1. The molecule has 0 bridgehead atoms. The van der Waals surface area contributed by atoms with Crippen LogP contribution in [0.1, 0.15) is 97.1 Å². The van der Waals surface area contributed by atoms with Crippen LogP contribution in [0.5, 0.6) is 28.7 Å². The van der Waals surface area contributed by atoms with Crippen molar-refractivity contribution in [2.24, 2.45) is 14.1 Å². The molecule has 6 aromatic heterocycles. The number of hydrogen-bond donors (Lipinski definition) is 4. The number of nitrogens with zero attached hydrogens (tertiary/aromatic N) is 10. The summed E-state index contributed by atoms with van der Waals surface area (Å²) in [5.41, 5.74) is 19.1. The van der Waals surface area contributed by atoms with Gasteiger partial charge < -0.3 is 60.4 Å². The highest BCUT2D eigenvalue weighted by molar-refractivity contribution is 7.92. The van der Waals surface area contributed by atoms with E-state index in [-0.39, 0.29) is 23.7 Å². The summed E-state index contributed by atoms with van der Waals surface area (Å²) < 4.78 is 105. The number of anilines is 4. The van der Waals surface area contributed by atoms with Crippen LogP contribution < -0.4 is 43.8 Å². The summed E-state index contributed by atoms with van der Waals surface area (Å²) in [6.45, 7) is 21.5. The van der Waals surface area contributed by atoms with Crippen LogP contribution in [0.25, 0.3) is 122 Å². The monoisotopic (exact) mass is 1820 g/mol. The van der Waals surface area contributed by atoms with Gasteiger partial charge >= 0.3 is 12.2 Å². The van der Waals surface area contributed by atoms with E-state index in [4.69, 9.17) is 32.8 Å². The Morgan fingerprint density at radius 2 is 0.737 bits per heavy atom. The Morgan fingerprint density at radius 3 is 1.14 bits per heavy atom. The molecule has 133 heavy (non-hydrogen) atoms. The molecule has 0 saturated carbocycles. The van der Waals surface area contributed by atoms with E-state index in [0.29, 0.717) is 81.8 Å². The van der Waals surface area contributed by atoms with Crippen LogP contribution in [0.4, 0.5) is 32.3 Å². The van der Waals surface area contributed by atoms with Crippen molar-refractivity contribution >= 4 is 120 Å². The number of benzene rings is 10. The average Bonchev–Trinajstić information content (AvgIpc) is 1.78. The van der Waals surface area contributed by atoms with E-state index >= 15 is 0 Å². The number of aromatic nitrogens is 5. The minimum absolute atomic E-state index is 0.00545. The van der Waals surface area contributed by atoms with Gasteiger partial charge in [-0.3, -0.25) is 20.1 Å². The molecule has 0 atom stereocenters. The molecule has 30 heteroatoms. The van der Waals surface area contributed by atoms with Crippen molar-refractivity contribution < 1.29 is 64.0 Å². The molecule has 0 unspecified atom stereocenters. The van der Waals surface area contributed by atoms with Gasteiger partial charge in [-0.1, -0.05) is 48.5 Å². The minimum atomic E-state index is -3.37. The lowest BCUT2D eigenvalue weighted by Crippen LogP contribution is -2.14. The van der Waals surface area contributed by atoms with Gasteiger partial charge in [-0.05, 0) is 220 Å². The molecule has 0 aliphatic carbocycles. The van der Waals surface area contributed by atoms with Crippen molar-refractivity contribution in [1.29, 1.82) is 26.3 Å². The number of ether oxygens (including phenoxy) is 7. The van der Waals surface area contributed by atoms with Crippen molar-refractivity contribution in [2.75, 3.05) is 66.6 Å². The van der Waals surface area contributed by atoms with Crippen LogP contribution in [0.3, 0.4) is 0 Å². The number of nitriles is 5. The molecule has 16 aromatic rings. The Hall–Kier alpha value is -16.1. The number of nitrogens with one attached hydrogen (secondary N) is 4. The fourth-order valence-electron chi connectivity index (χ4n) is 16.0. The normalized spacial score (nSPS) is 11.0. The molecule has 10 aromatic carbocycles. The second-order valence-electron chi connectivity index (χ2n) is 30.8. The molecular weight excluding hydrogens is 1720 g/mol. The Bertz CT molecular complexity index is 7530. The Kier molecular flexibility index (Phi) is 30.6. The Balaban J connectivity index is 0.000000150. The smallest absolute Gasteiger partial charge is 0.411 e. The zero-order valence-electron chi connectivity index (χ0n) is 76.7. The summed E-state index contributed by atoms with van der Waals surface area (Å²) in [7, 11) is 3.24. The van der Waals surface area contributed by atoms with Gasteiger partial charge in [0.05, 0.1) is 138 Å². The third kappa shape index (κ3) is 21.1. The number of aryl methyl sites for hydroxylation is 5. The van der Waals surface area contributed by atoms with Crippen LogP contribution >= 0.6 is 0 Å². The van der Waals surface area contributed by atoms with Crippen LogP contribution in [-0.4, -0.2) is 111 Å². The molecule has 4 N–H and O–H groups in total. The van der Waals surface area contributed by atoms with Gasteiger partial charge in [0.1, 0.15) is 64.7 Å². The highest BCUT2D eigenvalue weighted by atomic mass is 32.2. The fraction of sp³-hybridized carbons (Fsp3) is 0.233. The molecule has 0 aliphatic rings. The first-order valence-electron chi connectivity index (χ1n) is 42.9. The molecule has 16 rings (SSSR count). The number of rotatable bonds is 24. The van der Waals surface area contributed by atoms with Crippen molar-refractivity contribution in [2.45, 2.75) is 101 Å². The van der Waals surface area contributed by atoms with E-state index in [9.17, 15) is 52.7 Å². The predicted molar refractivity (Wildman–Crippen MR) is 523 cm³/mol. The molecule has 0 saturated heterocycles. The van der Waals surface area contributed by atoms with E-state index in [2.05, 4.69) is 81.9 Å². The quantitative estimate of drug-likeness (QED) is 0.0436. The van der Waals surface area contributed by atoms with E-state index in [1.54, 1.807) is 103 Å². The molecule has 28 nitrogen and oxygen atoms in total. The third-order valence-corrected chi connectivity index (χ3v) is 24.6. The first-order chi connectivity index (χ1) is 64.0. The summed E-state index contributed by atoms with van der Waals surface area (Å²) in [4.78, 5) is 23.3. The Labute approximate surface area is 772 Å². The maximum atomic E-state index is 11.8. The molecule has 0 radical (unpaired) electrons. The van der Waals surface area contributed by atoms with E-state index in [0.717, 1.165) is 146 Å². The van der Waals surface area contributed by atoms with Crippen LogP contribution in [0.15, 0.2) is 223 Å². The van der Waals surface area contributed by atoms with E-state index < -0.39 is 32.2 Å². The van der Waals surface area contributed by atoms with Gasteiger partial charge in [0.25, 0.3) is 0 Å². The van der Waals surface area contributed by atoms with E-state index in [1.165, 1.54) is 7.11 Å². The van der Waals surface area contributed by atoms with Crippen molar-refractivity contribution in [3.63, 3.8) is 0 Å². The van der Waals surface area contributed by atoms with Crippen molar-refractivity contribution in [3.05, 3.63) is 246 Å².